The summed E-state index contributed by atoms with van der Waals surface area (Å²) in [5, 5.41) is 0. The predicted octanol–water partition coefficient (Wildman–Crippen LogP) is 2.95. The van der Waals surface area contributed by atoms with Crippen molar-refractivity contribution < 1.29 is 14.3 Å². The molecule has 1 aromatic rings. The highest BCUT2D eigenvalue weighted by molar-refractivity contribution is 6.23. The quantitative estimate of drug-likeness (QED) is 0.623. The molecule has 0 unspecified atom stereocenters. The zero-order valence-electron chi connectivity index (χ0n) is 13.4. The van der Waals surface area contributed by atoms with Crippen LogP contribution >= 0.6 is 0 Å². The lowest BCUT2D eigenvalue weighted by molar-refractivity contribution is -0.122. The van der Waals surface area contributed by atoms with E-state index in [0.717, 1.165) is 0 Å². The fraction of sp³-hybridized carbons (Fsp3) is 0.368. The van der Waals surface area contributed by atoms with Crippen molar-refractivity contribution in [1.82, 2.24) is 0 Å². The molecule has 1 aliphatic heterocycles. The number of imide groups is 1. The van der Waals surface area contributed by atoms with Gasteiger partial charge in [-0.3, -0.25) is 9.59 Å². The van der Waals surface area contributed by atoms with Crippen LogP contribution in [0.4, 0.5) is 5.69 Å². The first-order valence-electron chi connectivity index (χ1n) is 7.92. The van der Waals surface area contributed by atoms with Gasteiger partial charge in [-0.15, -0.1) is 0 Å². The third-order valence-corrected chi connectivity index (χ3v) is 5.30. The highest BCUT2D eigenvalue weighted by Crippen LogP contribution is 2.57. The molecule has 0 aromatic heterocycles. The number of hydrogen-bond donors (Lipinski definition) is 0. The summed E-state index contributed by atoms with van der Waals surface area (Å²) in [7, 11) is 1.58. The van der Waals surface area contributed by atoms with E-state index < -0.39 is 0 Å². The summed E-state index contributed by atoms with van der Waals surface area (Å²) >= 11 is 0. The van der Waals surface area contributed by atoms with Crippen LogP contribution in [-0.4, -0.2) is 18.9 Å². The number of ether oxygens (including phenoxy) is 1. The lowest BCUT2D eigenvalue weighted by Gasteiger charge is -2.19. The van der Waals surface area contributed by atoms with Crippen molar-refractivity contribution >= 4 is 17.5 Å². The van der Waals surface area contributed by atoms with E-state index in [1.165, 1.54) is 16.0 Å². The maximum absolute atomic E-state index is 13.0. The van der Waals surface area contributed by atoms with Crippen molar-refractivity contribution in [3.63, 3.8) is 0 Å². The molecule has 4 rings (SSSR count). The minimum absolute atomic E-state index is 0.0798. The Labute approximate surface area is 135 Å². The monoisotopic (exact) mass is 309 g/mol. The topological polar surface area (TPSA) is 46.6 Å². The van der Waals surface area contributed by atoms with Crippen LogP contribution in [0.1, 0.15) is 13.8 Å². The van der Waals surface area contributed by atoms with Gasteiger partial charge in [0, 0.05) is 17.9 Å². The Morgan fingerprint density at radius 3 is 2.17 bits per heavy atom. The normalized spacial score (nSPS) is 31.1. The molecular weight excluding hydrogens is 290 g/mol. The lowest BCUT2D eigenvalue weighted by atomic mass is 9.85. The van der Waals surface area contributed by atoms with Crippen molar-refractivity contribution in [2.45, 2.75) is 13.8 Å². The SMILES string of the molecule is COc1cccc(N2C(=O)[C@H]3[C@H](C2=O)[C@@H]2C=C[C@@H]3C2=C(C)C)c1. The average molecular weight is 309 g/mol. The Hall–Kier alpha value is -2.36. The molecule has 0 N–H and O–H groups in total. The van der Waals surface area contributed by atoms with Crippen LogP contribution in [-0.2, 0) is 9.59 Å². The third kappa shape index (κ3) is 1.78. The highest BCUT2D eigenvalue weighted by atomic mass is 16.5. The Morgan fingerprint density at radius 2 is 1.65 bits per heavy atom. The second-order valence-electron chi connectivity index (χ2n) is 6.66. The van der Waals surface area contributed by atoms with Gasteiger partial charge in [0.2, 0.25) is 11.8 Å². The van der Waals surface area contributed by atoms with Crippen molar-refractivity contribution in [2.75, 3.05) is 12.0 Å². The van der Waals surface area contributed by atoms with Gasteiger partial charge in [0.25, 0.3) is 0 Å². The van der Waals surface area contributed by atoms with Crippen LogP contribution in [0.25, 0.3) is 0 Å². The molecule has 4 heteroatoms. The number of allylic oxidation sites excluding steroid dienone is 4. The van der Waals surface area contributed by atoms with E-state index in [-0.39, 0.29) is 35.5 Å². The van der Waals surface area contributed by atoms with Crippen molar-refractivity contribution in [1.29, 1.82) is 0 Å². The van der Waals surface area contributed by atoms with Gasteiger partial charge in [0.1, 0.15) is 5.75 Å². The second kappa shape index (κ2) is 4.82. The Balaban J connectivity index is 1.75. The van der Waals surface area contributed by atoms with E-state index in [1.807, 2.05) is 6.07 Å². The summed E-state index contributed by atoms with van der Waals surface area (Å²) < 4.78 is 5.21. The number of nitrogens with zero attached hydrogens (tertiary/aromatic N) is 1. The number of fused-ring (bicyclic) bond motifs is 5. The first-order chi connectivity index (χ1) is 11.0. The van der Waals surface area contributed by atoms with Crippen LogP contribution in [0.3, 0.4) is 0 Å². The van der Waals surface area contributed by atoms with Gasteiger partial charge in [-0.1, -0.05) is 29.4 Å². The van der Waals surface area contributed by atoms with Gasteiger partial charge in [-0.05, 0) is 26.0 Å². The molecule has 1 saturated carbocycles. The zero-order chi connectivity index (χ0) is 16.3. The molecule has 1 saturated heterocycles. The highest BCUT2D eigenvalue weighted by Gasteiger charge is 2.61. The van der Waals surface area contributed by atoms with Gasteiger partial charge in [0.05, 0.1) is 24.6 Å². The zero-order valence-corrected chi connectivity index (χ0v) is 13.4. The van der Waals surface area contributed by atoms with Crippen LogP contribution < -0.4 is 9.64 Å². The Morgan fingerprint density at radius 1 is 1.04 bits per heavy atom. The smallest absolute Gasteiger partial charge is 0.238 e. The van der Waals surface area contributed by atoms with Gasteiger partial charge >= 0.3 is 0 Å². The van der Waals surface area contributed by atoms with Gasteiger partial charge in [-0.25, -0.2) is 4.90 Å². The van der Waals surface area contributed by atoms with Crippen LogP contribution in [0.5, 0.6) is 5.75 Å². The minimum Gasteiger partial charge on any atom is -0.497 e. The number of carbonyl (C=O) groups excluding carboxylic acids is 2. The van der Waals surface area contributed by atoms with Gasteiger partial charge < -0.3 is 4.74 Å². The lowest BCUT2D eigenvalue weighted by Crippen LogP contribution is -2.33. The number of carbonyl (C=O) groups is 2. The first-order valence-corrected chi connectivity index (χ1v) is 7.92. The molecule has 3 aliphatic rings. The van der Waals surface area contributed by atoms with Gasteiger partial charge in [-0.2, -0.15) is 0 Å². The maximum atomic E-state index is 13.0. The molecule has 4 atom stereocenters. The molecule has 4 nitrogen and oxygen atoms in total. The second-order valence-corrected chi connectivity index (χ2v) is 6.66. The van der Waals surface area contributed by atoms with E-state index in [2.05, 4.69) is 26.0 Å². The summed E-state index contributed by atoms with van der Waals surface area (Å²) in [5.74, 6) is 0.172. The number of benzene rings is 1. The van der Waals surface area contributed by atoms with E-state index in [0.29, 0.717) is 11.4 Å². The van der Waals surface area contributed by atoms with E-state index in [9.17, 15) is 9.59 Å². The summed E-state index contributed by atoms with van der Waals surface area (Å²) in [5.41, 5.74) is 3.10. The van der Waals surface area contributed by atoms with Crippen LogP contribution in [0, 0.1) is 23.7 Å². The van der Waals surface area contributed by atoms with Crippen LogP contribution in [0.2, 0.25) is 0 Å². The van der Waals surface area contributed by atoms with Crippen molar-refractivity contribution in [3.8, 4) is 5.75 Å². The summed E-state index contributed by atoms with van der Waals surface area (Å²) in [6, 6.07) is 7.14. The van der Waals surface area contributed by atoms with E-state index >= 15 is 0 Å². The minimum atomic E-state index is -0.242. The molecule has 23 heavy (non-hydrogen) atoms. The van der Waals surface area contributed by atoms with Crippen molar-refractivity contribution in [2.24, 2.45) is 23.7 Å². The number of rotatable bonds is 2. The maximum Gasteiger partial charge on any atom is 0.238 e. The molecule has 1 aromatic carbocycles. The third-order valence-electron chi connectivity index (χ3n) is 5.30. The Kier molecular flexibility index (Phi) is 2.98. The standard InChI is InChI=1S/C19H19NO3/c1-10(2)15-13-7-8-14(15)17-16(13)18(21)20(19(17)22)11-5-4-6-12(9-11)23-3/h4-9,13-14,16-17H,1-3H3/t13-,14-,16-,17-/m1/s1. The molecular formula is C19H19NO3. The molecule has 2 amide bonds. The fourth-order valence-corrected chi connectivity index (χ4v) is 4.43. The number of methoxy groups -OCH3 is 1. The Bertz CT molecular complexity index is 739. The number of hydrogen-bond acceptors (Lipinski definition) is 3. The molecule has 1 heterocycles. The summed E-state index contributed by atoms with van der Waals surface area (Å²) in [4.78, 5) is 27.3. The first kappa shape index (κ1) is 14.2. The average Bonchev–Trinajstić information content (AvgIpc) is 3.17. The summed E-state index contributed by atoms with van der Waals surface area (Å²) in [6.45, 7) is 4.14. The van der Waals surface area contributed by atoms with Crippen molar-refractivity contribution in [3.05, 3.63) is 47.6 Å². The molecule has 118 valence electrons. The van der Waals surface area contributed by atoms with E-state index in [1.54, 1.807) is 25.3 Å². The largest absolute Gasteiger partial charge is 0.497 e. The summed E-state index contributed by atoms with van der Waals surface area (Å²) in [6.07, 6.45) is 4.21. The number of amides is 2. The molecule has 0 spiro atoms. The molecule has 0 radical (unpaired) electrons. The number of anilines is 1. The fourth-order valence-electron chi connectivity index (χ4n) is 4.43. The van der Waals surface area contributed by atoms with E-state index in [4.69, 9.17) is 4.74 Å². The molecule has 2 aliphatic carbocycles. The van der Waals surface area contributed by atoms with Crippen LogP contribution in [0.15, 0.2) is 47.6 Å². The molecule has 2 fully saturated rings. The predicted molar refractivity (Wildman–Crippen MR) is 87.0 cm³/mol. The van der Waals surface area contributed by atoms with Gasteiger partial charge in [0.15, 0.2) is 0 Å². The molecule has 2 bridgehead atoms.